The molecule has 6 nitrogen and oxygen atoms in total. The quantitative estimate of drug-likeness (QED) is 0.523. The number of fused-ring (bicyclic) bond motifs is 1. The number of benzene rings is 2. The van der Waals surface area contributed by atoms with Crippen LogP contribution in [0, 0.1) is 0 Å². The summed E-state index contributed by atoms with van der Waals surface area (Å²) in [6.45, 7) is 5.28. The van der Waals surface area contributed by atoms with Gasteiger partial charge in [0.2, 0.25) is 0 Å². The van der Waals surface area contributed by atoms with E-state index < -0.39 is 11.8 Å². The van der Waals surface area contributed by atoms with Crippen LogP contribution < -0.4 is 18.9 Å². The molecule has 0 aliphatic heterocycles. The van der Waals surface area contributed by atoms with Gasteiger partial charge < -0.3 is 23.7 Å². The molecule has 0 fully saturated rings. The summed E-state index contributed by atoms with van der Waals surface area (Å²) in [5.74, 6) is 1.67. The summed E-state index contributed by atoms with van der Waals surface area (Å²) in [6.07, 6.45) is -0.831. The number of ether oxygens (including phenoxy) is 5. The molecule has 0 aromatic heterocycles. The second-order valence-electron chi connectivity index (χ2n) is 6.18. The number of carbonyl (C=O) groups excluding carboxylic acids is 1. The predicted molar refractivity (Wildman–Crippen MR) is 98.2 cm³/mol. The third-order valence-electron chi connectivity index (χ3n) is 3.31. The van der Waals surface area contributed by atoms with Gasteiger partial charge in [-0.3, -0.25) is 0 Å². The summed E-state index contributed by atoms with van der Waals surface area (Å²) in [5.41, 5.74) is -0.681. The van der Waals surface area contributed by atoms with Gasteiger partial charge >= 0.3 is 6.16 Å². The molecule has 0 saturated heterocycles. The molecule has 0 spiro atoms. The highest BCUT2D eigenvalue weighted by atomic mass is 79.9. The van der Waals surface area contributed by atoms with Gasteiger partial charge in [0, 0.05) is 5.39 Å². The summed E-state index contributed by atoms with van der Waals surface area (Å²) >= 11 is 3.45. The van der Waals surface area contributed by atoms with Crippen molar-refractivity contribution in [2.24, 2.45) is 0 Å². The summed E-state index contributed by atoms with van der Waals surface area (Å²) in [7, 11) is 4.58. The van der Waals surface area contributed by atoms with Gasteiger partial charge in [0.1, 0.15) is 17.1 Å². The first-order valence-corrected chi connectivity index (χ1v) is 8.33. The number of rotatable bonds is 4. The summed E-state index contributed by atoms with van der Waals surface area (Å²) in [6, 6.07) is 5.24. The molecular formula is C18H21BrO6. The molecule has 25 heavy (non-hydrogen) atoms. The van der Waals surface area contributed by atoms with Crippen LogP contribution in [0.2, 0.25) is 0 Å². The predicted octanol–water partition coefficient (Wildman–Crippen LogP) is 4.94. The van der Waals surface area contributed by atoms with Crippen LogP contribution in [-0.4, -0.2) is 33.1 Å². The molecular weight excluding hydrogens is 392 g/mol. The first-order valence-electron chi connectivity index (χ1n) is 7.53. The number of hydrogen-bond donors (Lipinski definition) is 0. The minimum absolute atomic E-state index is 0.205. The van der Waals surface area contributed by atoms with Crippen molar-refractivity contribution in [3.05, 3.63) is 22.7 Å². The molecule has 0 unspecified atom stereocenters. The fourth-order valence-electron chi connectivity index (χ4n) is 2.36. The molecule has 0 saturated carbocycles. The Balaban J connectivity index is 2.69. The van der Waals surface area contributed by atoms with Crippen LogP contribution in [0.15, 0.2) is 22.7 Å². The molecule has 2 aromatic rings. The molecule has 0 atom stereocenters. The van der Waals surface area contributed by atoms with Gasteiger partial charge in [-0.1, -0.05) is 0 Å². The number of hydrogen-bond acceptors (Lipinski definition) is 6. The zero-order chi connectivity index (χ0) is 18.8. The highest BCUT2D eigenvalue weighted by Crippen LogP contribution is 2.47. The molecule has 0 amide bonds. The lowest BCUT2D eigenvalue weighted by molar-refractivity contribution is 0.0204. The Bertz CT molecular complexity index is 794. The maximum atomic E-state index is 12.2. The Morgan fingerprint density at radius 3 is 2.12 bits per heavy atom. The van der Waals surface area contributed by atoms with Gasteiger partial charge in [0.25, 0.3) is 0 Å². The molecule has 0 radical (unpaired) electrons. The highest BCUT2D eigenvalue weighted by Gasteiger charge is 2.24. The first kappa shape index (κ1) is 19.2. The smallest absolute Gasteiger partial charge is 0.496 e. The Labute approximate surface area is 155 Å². The van der Waals surface area contributed by atoms with Crippen molar-refractivity contribution in [1.29, 1.82) is 0 Å². The van der Waals surface area contributed by atoms with Crippen molar-refractivity contribution >= 4 is 32.9 Å². The standard InChI is InChI=1S/C18H21BrO6/c1-18(2,3)25-17(20)24-16-12(21-4)8-7-10-14(16)13(22-5)9-11(19)15(10)23-6/h7-9H,1-6H3. The maximum Gasteiger partial charge on any atom is 0.514 e. The van der Waals surface area contributed by atoms with Crippen LogP contribution in [0.5, 0.6) is 23.0 Å². The number of methoxy groups -OCH3 is 3. The van der Waals surface area contributed by atoms with E-state index in [1.807, 2.05) is 6.07 Å². The molecule has 7 heteroatoms. The second-order valence-corrected chi connectivity index (χ2v) is 7.03. The Kier molecular flexibility index (Phi) is 5.67. The summed E-state index contributed by atoms with van der Waals surface area (Å²) in [5, 5.41) is 1.25. The van der Waals surface area contributed by atoms with Crippen molar-refractivity contribution in [1.82, 2.24) is 0 Å². The van der Waals surface area contributed by atoms with Gasteiger partial charge in [0.05, 0.1) is 31.2 Å². The number of halogens is 1. The van der Waals surface area contributed by atoms with Crippen molar-refractivity contribution in [3.63, 3.8) is 0 Å². The van der Waals surface area contributed by atoms with Crippen molar-refractivity contribution in [3.8, 4) is 23.0 Å². The largest absolute Gasteiger partial charge is 0.514 e. The van der Waals surface area contributed by atoms with E-state index in [4.69, 9.17) is 23.7 Å². The summed E-state index contributed by atoms with van der Waals surface area (Å²) < 4.78 is 27.7. The van der Waals surface area contributed by atoms with E-state index in [1.165, 1.54) is 14.2 Å². The van der Waals surface area contributed by atoms with Crippen molar-refractivity contribution in [2.75, 3.05) is 21.3 Å². The molecule has 0 aliphatic rings. The van der Waals surface area contributed by atoms with Gasteiger partial charge in [-0.05, 0) is 54.9 Å². The van der Waals surface area contributed by atoms with Crippen LogP contribution in [0.4, 0.5) is 4.79 Å². The fraction of sp³-hybridized carbons (Fsp3) is 0.389. The number of carbonyl (C=O) groups is 1. The zero-order valence-corrected chi connectivity index (χ0v) is 16.6. The minimum Gasteiger partial charge on any atom is -0.496 e. The second kappa shape index (κ2) is 7.39. The average Bonchev–Trinajstić information content (AvgIpc) is 2.52. The Morgan fingerprint density at radius 2 is 1.60 bits per heavy atom. The zero-order valence-electron chi connectivity index (χ0n) is 15.1. The SMILES string of the molecule is COc1ccc2c(OC)c(Br)cc(OC)c2c1OC(=O)OC(C)(C)C. The molecule has 2 aromatic carbocycles. The van der Waals surface area contributed by atoms with E-state index in [0.717, 1.165) is 0 Å². The summed E-state index contributed by atoms with van der Waals surface area (Å²) in [4.78, 5) is 12.2. The minimum atomic E-state index is -0.831. The van der Waals surface area contributed by atoms with E-state index in [0.29, 0.717) is 32.5 Å². The van der Waals surface area contributed by atoms with Crippen molar-refractivity contribution < 1.29 is 28.5 Å². The van der Waals surface area contributed by atoms with E-state index in [9.17, 15) is 4.79 Å². The first-order chi connectivity index (χ1) is 11.7. The van der Waals surface area contributed by atoms with E-state index in [1.54, 1.807) is 40.0 Å². The van der Waals surface area contributed by atoms with Gasteiger partial charge in [0.15, 0.2) is 11.5 Å². The highest BCUT2D eigenvalue weighted by molar-refractivity contribution is 9.10. The van der Waals surface area contributed by atoms with Crippen LogP contribution in [-0.2, 0) is 4.74 Å². The molecule has 0 aliphatic carbocycles. The third kappa shape index (κ3) is 4.10. The molecule has 0 N–H and O–H groups in total. The van der Waals surface area contributed by atoms with Crippen LogP contribution in [0.1, 0.15) is 20.8 Å². The molecule has 0 bridgehead atoms. The van der Waals surface area contributed by atoms with E-state index in [-0.39, 0.29) is 5.75 Å². The van der Waals surface area contributed by atoms with Crippen molar-refractivity contribution in [2.45, 2.75) is 26.4 Å². The third-order valence-corrected chi connectivity index (χ3v) is 3.90. The normalized spacial score (nSPS) is 11.2. The van der Waals surface area contributed by atoms with Crippen LogP contribution >= 0.6 is 15.9 Å². The molecule has 136 valence electrons. The van der Waals surface area contributed by atoms with Crippen LogP contribution in [0.3, 0.4) is 0 Å². The maximum absolute atomic E-state index is 12.2. The topological polar surface area (TPSA) is 63.2 Å². The van der Waals surface area contributed by atoms with E-state index >= 15 is 0 Å². The average molecular weight is 413 g/mol. The van der Waals surface area contributed by atoms with Gasteiger partial charge in [-0.2, -0.15) is 0 Å². The molecule has 2 rings (SSSR count). The van der Waals surface area contributed by atoms with E-state index in [2.05, 4.69) is 15.9 Å². The molecule has 0 heterocycles. The lowest BCUT2D eigenvalue weighted by Gasteiger charge is -2.21. The van der Waals surface area contributed by atoms with Gasteiger partial charge in [-0.15, -0.1) is 0 Å². The fourth-order valence-corrected chi connectivity index (χ4v) is 2.95. The Hall–Kier alpha value is -2.15. The van der Waals surface area contributed by atoms with Gasteiger partial charge in [-0.25, -0.2) is 4.79 Å². The Morgan fingerprint density at radius 1 is 0.960 bits per heavy atom. The monoisotopic (exact) mass is 412 g/mol. The lowest BCUT2D eigenvalue weighted by atomic mass is 10.1. The lowest BCUT2D eigenvalue weighted by Crippen LogP contribution is -2.26. The van der Waals surface area contributed by atoms with Crippen LogP contribution in [0.25, 0.3) is 10.8 Å².